The fourth-order valence-electron chi connectivity index (χ4n) is 1.98. The second kappa shape index (κ2) is 4.65. The van der Waals surface area contributed by atoms with Crippen LogP contribution in [-0.4, -0.2) is 9.38 Å². The molecule has 0 aliphatic rings. The van der Waals surface area contributed by atoms with Crippen molar-refractivity contribution in [2.75, 3.05) is 5.73 Å². The second-order valence-corrected chi connectivity index (χ2v) is 4.56. The number of aryl methyl sites for hydroxylation is 1. The summed E-state index contributed by atoms with van der Waals surface area (Å²) in [4.78, 5) is 4.47. The molecule has 19 heavy (non-hydrogen) atoms. The van der Waals surface area contributed by atoms with Crippen molar-refractivity contribution in [1.29, 1.82) is 0 Å². The topological polar surface area (TPSA) is 52.5 Å². The molecule has 0 unspecified atom stereocenters. The Hall–Kier alpha value is -2.49. The zero-order chi connectivity index (χ0) is 13.2. The quantitative estimate of drug-likeness (QED) is 0.781. The summed E-state index contributed by atoms with van der Waals surface area (Å²) in [6, 6.07) is 11.7. The van der Waals surface area contributed by atoms with E-state index in [9.17, 15) is 0 Å². The standard InChI is InChI=1S/C15H15N3O/c1-11-3-2-4-14(7-11)19-10-13-9-18-6-5-12(16)8-15(18)17-13/h2-9H,10,16H2,1H3. The smallest absolute Gasteiger partial charge is 0.139 e. The minimum absolute atomic E-state index is 0.449. The van der Waals surface area contributed by atoms with Crippen molar-refractivity contribution >= 4 is 11.3 Å². The molecule has 0 fully saturated rings. The van der Waals surface area contributed by atoms with Gasteiger partial charge < -0.3 is 14.9 Å². The molecule has 96 valence electrons. The van der Waals surface area contributed by atoms with Crippen LogP contribution in [0.2, 0.25) is 0 Å². The molecule has 0 bridgehead atoms. The van der Waals surface area contributed by atoms with Gasteiger partial charge in [0.2, 0.25) is 0 Å². The Balaban J connectivity index is 1.78. The monoisotopic (exact) mass is 253 g/mol. The first kappa shape index (κ1) is 11.6. The predicted octanol–water partition coefficient (Wildman–Crippen LogP) is 2.80. The van der Waals surface area contributed by atoms with Gasteiger partial charge in [0.25, 0.3) is 0 Å². The van der Waals surface area contributed by atoms with E-state index in [1.165, 1.54) is 5.56 Å². The highest BCUT2D eigenvalue weighted by Gasteiger charge is 2.03. The maximum atomic E-state index is 5.73. The number of pyridine rings is 1. The van der Waals surface area contributed by atoms with Crippen molar-refractivity contribution in [2.24, 2.45) is 0 Å². The highest BCUT2D eigenvalue weighted by Crippen LogP contribution is 2.15. The highest BCUT2D eigenvalue weighted by molar-refractivity contribution is 5.52. The molecule has 2 heterocycles. The third kappa shape index (κ3) is 2.52. The van der Waals surface area contributed by atoms with Crippen molar-refractivity contribution in [2.45, 2.75) is 13.5 Å². The molecule has 0 aliphatic heterocycles. The van der Waals surface area contributed by atoms with Gasteiger partial charge in [0.1, 0.15) is 18.0 Å². The molecule has 3 rings (SSSR count). The van der Waals surface area contributed by atoms with Crippen LogP contribution in [0.1, 0.15) is 11.3 Å². The number of hydrogen-bond acceptors (Lipinski definition) is 3. The average Bonchev–Trinajstić information content (AvgIpc) is 2.78. The third-order valence-electron chi connectivity index (χ3n) is 2.91. The number of ether oxygens (including phenoxy) is 1. The van der Waals surface area contributed by atoms with Crippen LogP contribution in [-0.2, 0) is 6.61 Å². The molecule has 0 atom stereocenters. The van der Waals surface area contributed by atoms with E-state index < -0.39 is 0 Å². The fraction of sp³-hybridized carbons (Fsp3) is 0.133. The predicted molar refractivity (Wildman–Crippen MR) is 75.1 cm³/mol. The Morgan fingerprint density at radius 1 is 1.26 bits per heavy atom. The van der Waals surface area contributed by atoms with Gasteiger partial charge in [-0.15, -0.1) is 0 Å². The summed E-state index contributed by atoms with van der Waals surface area (Å²) >= 11 is 0. The lowest BCUT2D eigenvalue weighted by molar-refractivity contribution is 0.302. The van der Waals surface area contributed by atoms with E-state index >= 15 is 0 Å². The molecule has 3 aromatic rings. The maximum Gasteiger partial charge on any atom is 0.139 e. The molecule has 0 saturated carbocycles. The Kier molecular flexibility index (Phi) is 2.83. The van der Waals surface area contributed by atoms with Crippen molar-refractivity contribution in [3.63, 3.8) is 0 Å². The van der Waals surface area contributed by atoms with Crippen molar-refractivity contribution in [3.05, 3.63) is 60.0 Å². The van der Waals surface area contributed by atoms with Crippen molar-refractivity contribution < 1.29 is 4.74 Å². The lowest BCUT2D eigenvalue weighted by atomic mass is 10.2. The second-order valence-electron chi connectivity index (χ2n) is 4.56. The van der Waals surface area contributed by atoms with Gasteiger partial charge >= 0.3 is 0 Å². The molecule has 2 N–H and O–H groups in total. The number of nitrogen functional groups attached to an aromatic ring is 1. The van der Waals surface area contributed by atoms with Gasteiger partial charge in [0.05, 0.1) is 5.69 Å². The number of benzene rings is 1. The van der Waals surface area contributed by atoms with Gasteiger partial charge in [0, 0.05) is 24.1 Å². The van der Waals surface area contributed by atoms with E-state index in [4.69, 9.17) is 10.5 Å². The normalized spacial score (nSPS) is 10.8. The molecule has 0 aliphatic carbocycles. The number of anilines is 1. The number of nitrogens with two attached hydrogens (primary N) is 1. The van der Waals surface area contributed by atoms with Gasteiger partial charge in [0.15, 0.2) is 0 Å². The SMILES string of the molecule is Cc1cccc(OCc2cn3ccc(N)cc3n2)c1. The van der Waals surface area contributed by atoms with E-state index in [0.717, 1.165) is 17.1 Å². The summed E-state index contributed by atoms with van der Waals surface area (Å²) in [5, 5.41) is 0. The molecule has 4 nitrogen and oxygen atoms in total. The molecule has 4 heteroatoms. The van der Waals surface area contributed by atoms with E-state index in [1.54, 1.807) is 0 Å². The Morgan fingerprint density at radius 2 is 2.16 bits per heavy atom. The Morgan fingerprint density at radius 3 is 3.00 bits per heavy atom. The summed E-state index contributed by atoms with van der Waals surface area (Å²) in [5.74, 6) is 0.858. The molecule has 0 radical (unpaired) electrons. The van der Waals surface area contributed by atoms with Crippen LogP contribution in [0.3, 0.4) is 0 Å². The number of rotatable bonds is 3. The lowest BCUT2D eigenvalue weighted by Gasteiger charge is -2.04. The number of hydrogen-bond donors (Lipinski definition) is 1. The van der Waals surface area contributed by atoms with E-state index in [-0.39, 0.29) is 0 Å². The molecule has 0 spiro atoms. The zero-order valence-corrected chi connectivity index (χ0v) is 10.7. The van der Waals surface area contributed by atoms with Crippen LogP contribution in [0.4, 0.5) is 5.69 Å². The van der Waals surface area contributed by atoms with E-state index in [2.05, 4.69) is 4.98 Å². The van der Waals surface area contributed by atoms with Gasteiger partial charge in [-0.1, -0.05) is 12.1 Å². The molecular formula is C15H15N3O. The van der Waals surface area contributed by atoms with Crippen LogP contribution in [0, 0.1) is 6.92 Å². The first-order valence-electron chi connectivity index (χ1n) is 6.13. The average molecular weight is 253 g/mol. The minimum atomic E-state index is 0.449. The molecular weight excluding hydrogens is 238 g/mol. The highest BCUT2D eigenvalue weighted by atomic mass is 16.5. The van der Waals surface area contributed by atoms with Gasteiger partial charge in [-0.25, -0.2) is 4.98 Å². The molecule has 0 amide bonds. The summed E-state index contributed by atoms with van der Waals surface area (Å²) in [7, 11) is 0. The Labute approximate surface area is 111 Å². The van der Waals surface area contributed by atoms with E-state index in [1.807, 2.05) is 60.1 Å². The van der Waals surface area contributed by atoms with Crippen LogP contribution in [0.25, 0.3) is 5.65 Å². The first-order valence-corrected chi connectivity index (χ1v) is 6.13. The van der Waals surface area contributed by atoms with Crippen LogP contribution < -0.4 is 10.5 Å². The summed E-state index contributed by atoms with van der Waals surface area (Å²) < 4.78 is 7.66. The van der Waals surface area contributed by atoms with Gasteiger partial charge in [-0.3, -0.25) is 0 Å². The lowest BCUT2D eigenvalue weighted by Crippen LogP contribution is -1.95. The first-order chi connectivity index (χ1) is 9.20. The van der Waals surface area contributed by atoms with Gasteiger partial charge in [-0.05, 0) is 30.7 Å². The largest absolute Gasteiger partial charge is 0.487 e. The molecule has 2 aromatic heterocycles. The Bertz CT molecular complexity index is 718. The zero-order valence-electron chi connectivity index (χ0n) is 10.7. The number of aromatic nitrogens is 2. The number of fused-ring (bicyclic) bond motifs is 1. The van der Waals surface area contributed by atoms with Gasteiger partial charge in [-0.2, -0.15) is 0 Å². The summed E-state index contributed by atoms with van der Waals surface area (Å²) in [6.45, 7) is 2.49. The van der Waals surface area contributed by atoms with Crippen LogP contribution in [0.5, 0.6) is 5.75 Å². The summed E-state index contributed by atoms with van der Waals surface area (Å²) in [5.41, 5.74) is 9.34. The van der Waals surface area contributed by atoms with E-state index in [0.29, 0.717) is 12.3 Å². The maximum absolute atomic E-state index is 5.73. The third-order valence-corrected chi connectivity index (χ3v) is 2.91. The molecule has 0 saturated heterocycles. The number of imidazole rings is 1. The van der Waals surface area contributed by atoms with Crippen LogP contribution >= 0.6 is 0 Å². The minimum Gasteiger partial charge on any atom is -0.487 e. The van der Waals surface area contributed by atoms with Crippen LogP contribution in [0.15, 0.2) is 48.8 Å². The fourth-order valence-corrected chi connectivity index (χ4v) is 1.98. The summed E-state index contributed by atoms with van der Waals surface area (Å²) in [6.07, 6.45) is 3.85. The van der Waals surface area contributed by atoms with Crippen molar-refractivity contribution in [3.8, 4) is 5.75 Å². The number of nitrogens with zero attached hydrogens (tertiary/aromatic N) is 2. The molecule has 1 aromatic carbocycles. The van der Waals surface area contributed by atoms with Crippen molar-refractivity contribution in [1.82, 2.24) is 9.38 Å².